The van der Waals surface area contributed by atoms with Crippen LogP contribution in [0.2, 0.25) is 0 Å². The minimum atomic E-state index is -0.926. The van der Waals surface area contributed by atoms with Crippen molar-refractivity contribution in [2.75, 3.05) is 7.11 Å². The van der Waals surface area contributed by atoms with Crippen LogP contribution in [-0.2, 0) is 16.5 Å². The maximum atomic E-state index is 12.6. The highest BCUT2D eigenvalue weighted by Crippen LogP contribution is 2.38. The summed E-state index contributed by atoms with van der Waals surface area (Å²) < 4.78 is 13.3. The van der Waals surface area contributed by atoms with Crippen LogP contribution in [0.1, 0.15) is 66.9 Å². The molecule has 0 unspecified atom stereocenters. The second-order valence-electron chi connectivity index (χ2n) is 9.08. The van der Waals surface area contributed by atoms with E-state index in [9.17, 15) is 19.5 Å². The van der Waals surface area contributed by atoms with Gasteiger partial charge in [-0.25, -0.2) is 19.6 Å². The standard InChI is InChI=1S/C23H26N4O6/c1-23(2,3)33-21(30)12-9-10-14-15(11-12)27(13-7-6-8-13)19(24-14)18-25-16(22(31)32-5)17(28)20(29)26(18)4/h9-11,13,28H,6-8H2,1-5H3. The van der Waals surface area contributed by atoms with Crippen LogP contribution in [-0.4, -0.2) is 48.9 Å². The lowest BCUT2D eigenvalue weighted by Gasteiger charge is -2.29. The van der Waals surface area contributed by atoms with Gasteiger partial charge in [0.25, 0.3) is 5.56 Å². The maximum absolute atomic E-state index is 12.6. The quantitative estimate of drug-likeness (QED) is 0.597. The molecule has 3 aromatic rings. The summed E-state index contributed by atoms with van der Waals surface area (Å²) >= 11 is 0. The molecule has 0 saturated heterocycles. The van der Waals surface area contributed by atoms with Crippen LogP contribution in [0.5, 0.6) is 5.75 Å². The van der Waals surface area contributed by atoms with Crippen molar-refractivity contribution >= 4 is 23.0 Å². The number of hydrogen-bond acceptors (Lipinski definition) is 8. The lowest BCUT2D eigenvalue weighted by atomic mass is 9.92. The molecule has 10 heteroatoms. The highest BCUT2D eigenvalue weighted by atomic mass is 16.6. The Bertz CT molecular complexity index is 1330. The zero-order valence-corrected chi connectivity index (χ0v) is 19.2. The number of methoxy groups -OCH3 is 1. The average molecular weight is 454 g/mol. The van der Waals surface area contributed by atoms with E-state index in [1.165, 1.54) is 7.05 Å². The molecular weight excluding hydrogens is 428 g/mol. The summed E-state index contributed by atoms with van der Waals surface area (Å²) in [5, 5.41) is 10.1. The van der Waals surface area contributed by atoms with Crippen molar-refractivity contribution < 1.29 is 24.2 Å². The Kier molecular flexibility index (Phi) is 5.47. The molecule has 0 bridgehead atoms. The van der Waals surface area contributed by atoms with E-state index in [0.29, 0.717) is 22.4 Å². The number of nitrogens with zero attached hydrogens (tertiary/aromatic N) is 4. The number of esters is 2. The minimum Gasteiger partial charge on any atom is -0.501 e. The third-order valence-corrected chi connectivity index (χ3v) is 5.61. The summed E-state index contributed by atoms with van der Waals surface area (Å²) in [4.78, 5) is 46.3. The van der Waals surface area contributed by atoms with Crippen LogP contribution in [0.3, 0.4) is 0 Å². The summed E-state index contributed by atoms with van der Waals surface area (Å²) in [6, 6.07) is 5.16. The van der Waals surface area contributed by atoms with E-state index in [-0.39, 0.29) is 11.9 Å². The Labute approximate surface area is 189 Å². The molecule has 2 aromatic heterocycles. The fourth-order valence-electron chi connectivity index (χ4n) is 3.76. The van der Waals surface area contributed by atoms with Gasteiger partial charge in [-0.2, -0.15) is 0 Å². The summed E-state index contributed by atoms with van der Waals surface area (Å²) in [7, 11) is 2.59. The zero-order valence-electron chi connectivity index (χ0n) is 19.2. The van der Waals surface area contributed by atoms with Crippen LogP contribution in [0.25, 0.3) is 22.7 Å². The van der Waals surface area contributed by atoms with Gasteiger partial charge in [0.05, 0.1) is 23.7 Å². The van der Waals surface area contributed by atoms with Gasteiger partial charge in [-0.15, -0.1) is 0 Å². The molecule has 0 radical (unpaired) electrons. The van der Waals surface area contributed by atoms with Gasteiger partial charge in [0.1, 0.15) is 5.60 Å². The summed E-state index contributed by atoms with van der Waals surface area (Å²) in [6.45, 7) is 5.40. The number of imidazole rings is 1. The van der Waals surface area contributed by atoms with Crippen LogP contribution in [0.15, 0.2) is 23.0 Å². The van der Waals surface area contributed by atoms with Crippen LogP contribution in [0, 0.1) is 0 Å². The maximum Gasteiger partial charge on any atom is 0.360 e. The number of hydrogen-bond donors (Lipinski definition) is 1. The molecule has 1 aromatic carbocycles. The monoisotopic (exact) mass is 454 g/mol. The molecule has 1 aliphatic rings. The van der Waals surface area contributed by atoms with Crippen molar-refractivity contribution in [3.05, 3.63) is 39.8 Å². The van der Waals surface area contributed by atoms with E-state index in [0.717, 1.165) is 30.9 Å². The van der Waals surface area contributed by atoms with Gasteiger partial charge in [-0.1, -0.05) is 0 Å². The van der Waals surface area contributed by atoms with E-state index in [1.54, 1.807) is 39.0 Å². The third-order valence-electron chi connectivity index (χ3n) is 5.61. The molecule has 0 spiro atoms. The van der Waals surface area contributed by atoms with Crippen LogP contribution >= 0.6 is 0 Å². The van der Waals surface area contributed by atoms with Crippen LogP contribution < -0.4 is 5.56 Å². The highest BCUT2D eigenvalue weighted by molar-refractivity contribution is 5.95. The molecule has 10 nitrogen and oxygen atoms in total. The highest BCUT2D eigenvalue weighted by Gasteiger charge is 2.30. The number of carbonyl (C=O) groups is 2. The van der Waals surface area contributed by atoms with Gasteiger partial charge in [-0.05, 0) is 58.2 Å². The van der Waals surface area contributed by atoms with Crippen molar-refractivity contribution in [3.63, 3.8) is 0 Å². The molecule has 0 aliphatic heterocycles. The average Bonchev–Trinajstić information content (AvgIpc) is 3.07. The minimum absolute atomic E-state index is 0.0890. The Morgan fingerprint density at radius 3 is 2.39 bits per heavy atom. The molecule has 1 aliphatic carbocycles. The van der Waals surface area contributed by atoms with Gasteiger partial charge in [0.2, 0.25) is 5.75 Å². The Morgan fingerprint density at radius 1 is 1.12 bits per heavy atom. The number of aromatic nitrogens is 4. The molecule has 4 rings (SSSR count). The number of benzene rings is 1. The molecule has 1 N–H and O–H groups in total. The first-order valence-corrected chi connectivity index (χ1v) is 10.7. The molecular formula is C23H26N4O6. The smallest absolute Gasteiger partial charge is 0.360 e. The van der Waals surface area contributed by atoms with Crippen molar-refractivity contribution in [3.8, 4) is 17.4 Å². The number of fused-ring (bicyclic) bond motifs is 1. The van der Waals surface area contributed by atoms with Crippen LogP contribution in [0.4, 0.5) is 0 Å². The van der Waals surface area contributed by atoms with Gasteiger partial charge < -0.3 is 19.1 Å². The zero-order chi connectivity index (χ0) is 24.1. The van der Waals surface area contributed by atoms with E-state index >= 15 is 0 Å². The summed E-state index contributed by atoms with van der Waals surface area (Å²) in [5.41, 5.74) is -0.220. The fraction of sp³-hybridized carbons (Fsp3) is 0.435. The molecule has 33 heavy (non-hydrogen) atoms. The van der Waals surface area contributed by atoms with Crippen molar-refractivity contribution in [1.29, 1.82) is 0 Å². The van der Waals surface area contributed by atoms with E-state index < -0.39 is 34.5 Å². The topological polar surface area (TPSA) is 126 Å². The number of rotatable bonds is 4. The molecule has 1 saturated carbocycles. The van der Waals surface area contributed by atoms with Gasteiger partial charge in [-0.3, -0.25) is 9.36 Å². The van der Waals surface area contributed by atoms with Crippen molar-refractivity contribution in [2.45, 2.75) is 51.7 Å². The lowest BCUT2D eigenvalue weighted by molar-refractivity contribution is 0.00694. The lowest BCUT2D eigenvalue weighted by Crippen LogP contribution is -2.26. The second kappa shape index (κ2) is 8.02. The van der Waals surface area contributed by atoms with Gasteiger partial charge >= 0.3 is 11.9 Å². The molecule has 2 heterocycles. The van der Waals surface area contributed by atoms with Crippen molar-refractivity contribution in [1.82, 2.24) is 19.1 Å². The Hall–Kier alpha value is -3.69. The summed E-state index contributed by atoms with van der Waals surface area (Å²) in [5.74, 6) is -1.69. The summed E-state index contributed by atoms with van der Waals surface area (Å²) in [6.07, 6.45) is 2.82. The normalized spacial score (nSPS) is 14.2. The Morgan fingerprint density at radius 2 is 1.82 bits per heavy atom. The number of aromatic hydroxyl groups is 1. The predicted molar refractivity (Wildman–Crippen MR) is 119 cm³/mol. The van der Waals surface area contributed by atoms with E-state index in [4.69, 9.17) is 4.74 Å². The second-order valence-corrected chi connectivity index (χ2v) is 9.08. The van der Waals surface area contributed by atoms with Gasteiger partial charge in [0, 0.05) is 13.1 Å². The molecule has 0 amide bonds. The molecule has 174 valence electrons. The largest absolute Gasteiger partial charge is 0.501 e. The first-order chi connectivity index (χ1) is 15.5. The predicted octanol–water partition coefficient (Wildman–Crippen LogP) is 2.97. The number of carbonyl (C=O) groups excluding carboxylic acids is 2. The van der Waals surface area contributed by atoms with E-state index in [1.807, 2.05) is 4.57 Å². The SMILES string of the molecule is COC(=O)c1nc(-c2nc3ccc(C(=O)OC(C)(C)C)cc3n2C2CCC2)n(C)c(=O)c1O. The van der Waals surface area contributed by atoms with Gasteiger partial charge in [0.15, 0.2) is 17.3 Å². The first kappa shape index (κ1) is 22.5. The molecule has 1 fully saturated rings. The third kappa shape index (κ3) is 3.96. The first-order valence-electron chi connectivity index (χ1n) is 10.7. The fourth-order valence-corrected chi connectivity index (χ4v) is 3.76. The Balaban J connectivity index is 1.94. The molecule has 0 atom stereocenters. The number of ether oxygens (including phenoxy) is 2. The van der Waals surface area contributed by atoms with E-state index in [2.05, 4.69) is 14.7 Å². The van der Waals surface area contributed by atoms with Crippen molar-refractivity contribution in [2.24, 2.45) is 7.05 Å².